The van der Waals surface area contributed by atoms with Crippen molar-refractivity contribution in [1.82, 2.24) is 5.32 Å². The van der Waals surface area contributed by atoms with Crippen LogP contribution in [0.1, 0.15) is 65.2 Å². The van der Waals surface area contributed by atoms with Gasteiger partial charge in [-0.1, -0.05) is 24.6 Å². The van der Waals surface area contributed by atoms with E-state index in [2.05, 4.69) is 43.0 Å². The maximum atomic E-state index is 11.9. The van der Waals surface area contributed by atoms with E-state index in [1.54, 1.807) is 0 Å². The number of carbonyl (C=O) groups is 2. The van der Waals surface area contributed by atoms with Gasteiger partial charge in [-0.05, 0) is 86.0 Å². The lowest BCUT2D eigenvalue weighted by molar-refractivity contribution is -0.141. The number of amides is 1. The van der Waals surface area contributed by atoms with Gasteiger partial charge >= 0.3 is 5.97 Å². The van der Waals surface area contributed by atoms with Crippen molar-refractivity contribution in [3.05, 3.63) is 11.6 Å². The summed E-state index contributed by atoms with van der Waals surface area (Å²) in [5.74, 6) is 0.365. The fourth-order valence-electron chi connectivity index (χ4n) is 7.21. The number of thiol groups is 1. The van der Waals surface area contributed by atoms with E-state index in [1.807, 2.05) is 0 Å². The van der Waals surface area contributed by atoms with Gasteiger partial charge in [0.05, 0.1) is 11.8 Å². The number of allylic oxidation sites excluding steroid dienone is 2. The second-order valence-electron chi connectivity index (χ2n) is 10.6. The Balaban J connectivity index is 1.39. The number of nitrogens with one attached hydrogen (secondary N) is 1. The Bertz CT molecular complexity index is 829. The summed E-state index contributed by atoms with van der Waals surface area (Å²) in [5.41, 5.74) is 2.57. The van der Waals surface area contributed by atoms with Gasteiger partial charge in [-0.2, -0.15) is 12.6 Å². The monoisotopic (exact) mass is 464 g/mol. The molecule has 0 unspecified atom stereocenters. The predicted octanol–water partition coefficient (Wildman–Crippen LogP) is 3.18. The molecule has 32 heavy (non-hydrogen) atoms. The molecule has 4 rings (SSSR count). The molecular formula is C24H36N2O5S. The van der Waals surface area contributed by atoms with Gasteiger partial charge in [-0.15, -0.1) is 0 Å². The first-order valence-corrected chi connectivity index (χ1v) is 12.5. The van der Waals surface area contributed by atoms with Crippen molar-refractivity contribution in [3.8, 4) is 0 Å². The lowest BCUT2D eigenvalue weighted by Crippen LogP contribution is -2.51. The number of carboxylic acids is 1. The third-order valence-corrected chi connectivity index (χ3v) is 9.49. The molecule has 1 amide bonds. The average molecular weight is 465 g/mol. The molecule has 0 spiro atoms. The van der Waals surface area contributed by atoms with Crippen molar-refractivity contribution >= 4 is 30.2 Å². The first-order valence-electron chi connectivity index (χ1n) is 11.9. The molecule has 7 nitrogen and oxygen atoms in total. The lowest BCUT2D eigenvalue weighted by Gasteiger charge is -2.57. The zero-order valence-electron chi connectivity index (χ0n) is 19.0. The van der Waals surface area contributed by atoms with Gasteiger partial charge in [0.15, 0.2) is 6.61 Å². The summed E-state index contributed by atoms with van der Waals surface area (Å²) in [6, 6.07) is -1.03. The molecule has 0 saturated heterocycles. The van der Waals surface area contributed by atoms with Gasteiger partial charge in [-0.25, -0.2) is 4.79 Å². The van der Waals surface area contributed by atoms with Gasteiger partial charge in [0.25, 0.3) is 5.91 Å². The molecule has 4 aliphatic rings. The van der Waals surface area contributed by atoms with E-state index in [1.165, 1.54) is 18.4 Å². The van der Waals surface area contributed by atoms with Gasteiger partial charge in [0.2, 0.25) is 0 Å². The molecule has 3 N–H and O–H groups in total. The lowest BCUT2D eigenvalue weighted by atomic mass is 9.47. The smallest absolute Gasteiger partial charge is 0.327 e. The number of hydrogen-bond donors (Lipinski definition) is 4. The first-order chi connectivity index (χ1) is 15.2. The summed E-state index contributed by atoms with van der Waals surface area (Å²) in [7, 11) is 0. The van der Waals surface area contributed by atoms with E-state index in [0.717, 1.165) is 44.2 Å². The molecule has 0 aliphatic heterocycles. The summed E-state index contributed by atoms with van der Waals surface area (Å²) in [6.07, 6.45) is 10.5. The van der Waals surface area contributed by atoms with Crippen LogP contribution in [0.5, 0.6) is 0 Å². The molecule has 178 valence electrons. The Kier molecular flexibility index (Phi) is 6.65. The molecule has 0 aromatic heterocycles. The number of carboxylic acid groups (broad SMARTS) is 1. The number of rotatable bonds is 6. The van der Waals surface area contributed by atoms with Crippen molar-refractivity contribution in [2.75, 3.05) is 12.4 Å². The highest BCUT2D eigenvalue weighted by Gasteiger charge is 2.58. The molecule has 3 saturated carbocycles. The maximum absolute atomic E-state index is 11.9. The second kappa shape index (κ2) is 9.01. The van der Waals surface area contributed by atoms with Gasteiger partial charge < -0.3 is 20.4 Å². The van der Waals surface area contributed by atoms with Crippen molar-refractivity contribution in [2.24, 2.45) is 33.7 Å². The third-order valence-electron chi connectivity index (χ3n) is 9.12. The highest BCUT2D eigenvalue weighted by atomic mass is 32.1. The van der Waals surface area contributed by atoms with E-state index in [9.17, 15) is 14.7 Å². The van der Waals surface area contributed by atoms with Crippen LogP contribution in [-0.2, 0) is 14.4 Å². The fraction of sp³-hybridized carbons (Fsp3) is 0.792. The molecular weight excluding hydrogens is 428 g/mol. The number of carbonyl (C=O) groups excluding carboxylic acids is 1. The second-order valence-corrected chi connectivity index (χ2v) is 11.0. The highest BCUT2D eigenvalue weighted by molar-refractivity contribution is 7.80. The van der Waals surface area contributed by atoms with E-state index in [4.69, 9.17) is 9.94 Å². The van der Waals surface area contributed by atoms with Crippen LogP contribution in [0.3, 0.4) is 0 Å². The number of fused-ring (bicyclic) bond motifs is 5. The number of aliphatic carboxylic acids is 1. The molecule has 0 aromatic carbocycles. The van der Waals surface area contributed by atoms with Crippen LogP contribution in [0.2, 0.25) is 0 Å². The first kappa shape index (κ1) is 23.6. The van der Waals surface area contributed by atoms with Gasteiger partial charge in [-0.3, -0.25) is 4.79 Å². The predicted molar refractivity (Wildman–Crippen MR) is 125 cm³/mol. The fourth-order valence-corrected chi connectivity index (χ4v) is 7.46. The van der Waals surface area contributed by atoms with Gasteiger partial charge in [0.1, 0.15) is 6.04 Å². The molecule has 0 bridgehead atoms. The van der Waals surface area contributed by atoms with Crippen LogP contribution in [0.25, 0.3) is 0 Å². The number of aliphatic hydroxyl groups is 1. The zero-order chi connectivity index (χ0) is 23.1. The quantitative estimate of drug-likeness (QED) is 0.357. The number of nitrogens with zero attached hydrogens (tertiary/aromatic N) is 1. The van der Waals surface area contributed by atoms with Crippen molar-refractivity contribution in [1.29, 1.82) is 0 Å². The van der Waals surface area contributed by atoms with Crippen LogP contribution >= 0.6 is 12.6 Å². The molecule has 3 fully saturated rings. The van der Waals surface area contributed by atoms with E-state index >= 15 is 0 Å². The summed E-state index contributed by atoms with van der Waals surface area (Å²) >= 11 is 3.93. The minimum Gasteiger partial charge on any atom is -0.480 e. The Labute approximate surface area is 195 Å². The Morgan fingerprint density at radius 3 is 2.72 bits per heavy atom. The molecule has 7 atom stereocenters. The van der Waals surface area contributed by atoms with E-state index in [-0.39, 0.29) is 29.3 Å². The summed E-state index contributed by atoms with van der Waals surface area (Å²) in [5, 5.41) is 26.2. The van der Waals surface area contributed by atoms with E-state index < -0.39 is 17.9 Å². The Morgan fingerprint density at radius 2 is 2.00 bits per heavy atom. The molecule has 0 aromatic rings. The minimum atomic E-state index is -1.12. The Hall–Kier alpha value is -1.54. The highest BCUT2D eigenvalue weighted by Crippen LogP contribution is 2.65. The topological polar surface area (TPSA) is 108 Å². The van der Waals surface area contributed by atoms with Crippen molar-refractivity contribution in [3.63, 3.8) is 0 Å². The van der Waals surface area contributed by atoms with Crippen LogP contribution in [0.15, 0.2) is 16.8 Å². The van der Waals surface area contributed by atoms with Gasteiger partial charge in [0, 0.05) is 5.75 Å². The largest absolute Gasteiger partial charge is 0.480 e. The van der Waals surface area contributed by atoms with Crippen molar-refractivity contribution < 1.29 is 24.6 Å². The third kappa shape index (κ3) is 4.09. The van der Waals surface area contributed by atoms with Crippen LogP contribution in [-0.4, -0.2) is 52.3 Å². The standard InChI is InChI=1S/C24H36N2O5S/c1-23-9-7-15(26-31-12-21(28)25-19(13-32)22(29)30)11-14(23)3-4-16-17-5-6-20(27)24(17,2)10-8-18(16)23/h11,16-20,27,32H,3-10,12-13H2,1-2H3,(H,25,28)(H,29,30)/b26-15+/t16-,17+,18-,19+,20+,23+,24+/m1/s1. The number of hydrogen-bond acceptors (Lipinski definition) is 6. The molecule has 4 aliphatic carbocycles. The zero-order valence-corrected chi connectivity index (χ0v) is 19.9. The number of oxime groups is 1. The molecule has 0 radical (unpaired) electrons. The van der Waals surface area contributed by atoms with Crippen LogP contribution in [0.4, 0.5) is 0 Å². The molecule has 0 heterocycles. The van der Waals surface area contributed by atoms with Crippen LogP contribution in [0, 0.1) is 28.6 Å². The molecule has 8 heteroatoms. The van der Waals surface area contributed by atoms with Crippen molar-refractivity contribution in [2.45, 2.75) is 77.4 Å². The van der Waals surface area contributed by atoms with Crippen LogP contribution < -0.4 is 5.32 Å². The SMILES string of the molecule is C[C@]12CC[C@@H]3[C@H](CCC4=C/C(=N/OCC(=O)N[C@@H](CS)C(=O)O)CC[C@@]43C)[C@@H]1CC[C@@H]2O. The summed E-state index contributed by atoms with van der Waals surface area (Å²) in [4.78, 5) is 28.1. The van der Waals surface area contributed by atoms with E-state index in [0.29, 0.717) is 17.8 Å². The maximum Gasteiger partial charge on any atom is 0.327 e. The normalized spacial score (nSPS) is 40.5. The average Bonchev–Trinajstić information content (AvgIpc) is 3.06. The minimum absolute atomic E-state index is 0.0153. The number of aliphatic hydroxyl groups excluding tert-OH is 1. The summed E-state index contributed by atoms with van der Waals surface area (Å²) in [6.45, 7) is 4.42. The Morgan fingerprint density at radius 1 is 1.22 bits per heavy atom. The summed E-state index contributed by atoms with van der Waals surface area (Å²) < 4.78 is 0.